The predicted molar refractivity (Wildman–Crippen MR) is 72.5 cm³/mol. The van der Waals surface area contributed by atoms with Crippen LogP contribution in [0, 0.1) is 0 Å². The summed E-state index contributed by atoms with van der Waals surface area (Å²) in [6.45, 7) is 6.73. The first kappa shape index (κ1) is 12.1. The van der Waals surface area contributed by atoms with E-state index >= 15 is 0 Å². The van der Waals surface area contributed by atoms with Gasteiger partial charge in [-0.2, -0.15) is 11.8 Å². The fraction of sp³-hybridized carbons (Fsp3) is 0.583. The van der Waals surface area contributed by atoms with Crippen LogP contribution in [0.5, 0.6) is 0 Å². The Kier molecular flexibility index (Phi) is 3.65. The summed E-state index contributed by atoms with van der Waals surface area (Å²) in [5.74, 6) is 1.73. The van der Waals surface area contributed by atoms with Gasteiger partial charge in [0, 0.05) is 35.7 Å². The fourth-order valence-corrected chi connectivity index (χ4v) is 3.37. The van der Waals surface area contributed by atoms with Gasteiger partial charge in [-0.25, -0.2) is 0 Å². The smallest absolute Gasteiger partial charge is 0.0598 e. The molecular weight excluding hydrogens is 240 g/mol. The van der Waals surface area contributed by atoms with Crippen molar-refractivity contribution in [2.45, 2.75) is 24.5 Å². The molecule has 1 aromatic rings. The molecule has 0 bridgehead atoms. The fourth-order valence-electron chi connectivity index (χ4n) is 2.03. The van der Waals surface area contributed by atoms with E-state index in [0.29, 0.717) is 10.6 Å². The second-order valence-corrected chi connectivity index (χ2v) is 6.74. The van der Waals surface area contributed by atoms with Crippen LogP contribution in [0.4, 0.5) is 5.69 Å². The number of aromatic nitrogens is 1. The van der Waals surface area contributed by atoms with Crippen LogP contribution >= 0.6 is 23.4 Å². The van der Waals surface area contributed by atoms with E-state index in [1.165, 1.54) is 17.0 Å². The molecule has 0 N–H and O–H groups in total. The van der Waals surface area contributed by atoms with Crippen molar-refractivity contribution < 1.29 is 0 Å². The molecule has 0 aliphatic carbocycles. The monoisotopic (exact) mass is 256 g/mol. The predicted octanol–water partition coefficient (Wildman–Crippen LogP) is 3.15. The minimum Gasteiger partial charge on any atom is -0.368 e. The molecule has 4 heteroatoms. The zero-order valence-corrected chi connectivity index (χ0v) is 11.3. The summed E-state index contributed by atoms with van der Waals surface area (Å²) in [7, 11) is 0. The van der Waals surface area contributed by atoms with Crippen molar-refractivity contribution in [3.05, 3.63) is 24.0 Å². The largest absolute Gasteiger partial charge is 0.368 e. The maximum atomic E-state index is 5.96. The van der Waals surface area contributed by atoms with Gasteiger partial charge in [-0.3, -0.25) is 4.98 Å². The number of hydrogen-bond donors (Lipinski definition) is 0. The highest BCUT2D eigenvalue weighted by atomic mass is 35.5. The van der Waals surface area contributed by atoms with Crippen LogP contribution in [0.1, 0.15) is 19.4 Å². The highest BCUT2D eigenvalue weighted by Crippen LogP contribution is 2.33. The lowest BCUT2D eigenvalue weighted by atomic mass is 10.1. The maximum absolute atomic E-state index is 5.96. The van der Waals surface area contributed by atoms with E-state index in [9.17, 15) is 0 Å². The van der Waals surface area contributed by atoms with Crippen molar-refractivity contribution in [2.24, 2.45) is 0 Å². The summed E-state index contributed by atoms with van der Waals surface area (Å²) in [5.41, 5.74) is 2.38. The molecule has 1 aliphatic heterocycles. The third kappa shape index (κ3) is 2.64. The van der Waals surface area contributed by atoms with Crippen molar-refractivity contribution in [3.63, 3.8) is 0 Å². The van der Waals surface area contributed by atoms with Gasteiger partial charge in [-0.15, -0.1) is 11.6 Å². The zero-order chi connectivity index (χ0) is 11.6. The Bertz CT molecular complexity index is 368. The van der Waals surface area contributed by atoms with Crippen molar-refractivity contribution in [1.29, 1.82) is 0 Å². The molecule has 0 atom stereocenters. The van der Waals surface area contributed by atoms with Crippen LogP contribution in [0.25, 0.3) is 0 Å². The van der Waals surface area contributed by atoms with E-state index in [1.807, 2.05) is 30.2 Å². The zero-order valence-electron chi connectivity index (χ0n) is 9.74. The van der Waals surface area contributed by atoms with Crippen LogP contribution in [-0.4, -0.2) is 28.6 Å². The van der Waals surface area contributed by atoms with E-state index in [2.05, 4.69) is 23.7 Å². The van der Waals surface area contributed by atoms with E-state index in [1.54, 1.807) is 0 Å². The van der Waals surface area contributed by atoms with Crippen molar-refractivity contribution in [3.8, 4) is 0 Å². The maximum Gasteiger partial charge on any atom is 0.0598 e. The third-order valence-corrected chi connectivity index (χ3v) is 4.38. The molecule has 2 rings (SSSR count). The summed E-state index contributed by atoms with van der Waals surface area (Å²) < 4.78 is 0.317. The summed E-state index contributed by atoms with van der Waals surface area (Å²) in [4.78, 5) is 6.61. The lowest BCUT2D eigenvalue weighted by molar-refractivity contribution is 0.646. The highest BCUT2D eigenvalue weighted by Gasteiger charge is 2.27. The molecular formula is C12H17ClN2S. The molecule has 0 amide bonds. The normalized spacial score (nSPS) is 19.8. The number of anilines is 1. The lowest BCUT2D eigenvalue weighted by Gasteiger charge is -2.39. The van der Waals surface area contributed by atoms with Gasteiger partial charge in [0.1, 0.15) is 0 Å². The van der Waals surface area contributed by atoms with E-state index < -0.39 is 0 Å². The number of halogens is 1. The molecule has 0 aromatic carbocycles. The van der Waals surface area contributed by atoms with Gasteiger partial charge in [-0.1, -0.05) is 0 Å². The Labute approximate surface area is 106 Å². The third-order valence-electron chi connectivity index (χ3n) is 2.80. The number of thioether (sulfide) groups is 1. The first-order valence-electron chi connectivity index (χ1n) is 5.50. The minimum absolute atomic E-state index is 0.317. The molecule has 1 saturated heterocycles. The highest BCUT2D eigenvalue weighted by molar-refractivity contribution is 8.00. The molecule has 2 heterocycles. The van der Waals surface area contributed by atoms with Crippen LogP contribution in [-0.2, 0) is 5.88 Å². The molecule has 0 spiro atoms. The molecule has 16 heavy (non-hydrogen) atoms. The summed E-state index contributed by atoms with van der Waals surface area (Å²) >= 11 is 8.00. The van der Waals surface area contributed by atoms with Gasteiger partial charge in [0.2, 0.25) is 0 Å². The number of pyridine rings is 1. The summed E-state index contributed by atoms with van der Waals surface area (Å²) in [5, 5.41) is 0. The Morgan fingerprint density at radius 1 is 1.56 bits per heavy atom. The Balaban J connectivity index is 2.23. The number of rotatable bonds is 2. The van der Waals surface area contributed by atoms with Crippen molar-refractivity contribution >= 4 is 29.1 Å². The van der Waals surface area contributed by atoms with Gasteiger partial charge >= 0.3 is 0 Å². The van der Waals surface area contributed by atoms with E-state index in [0.717, 1.165) is 13.1 Å². The average Bonchev–Trinajstić information content (AvgIpc) is 2.27. The van der Waals surface area contributed by atoms with Gasteiger partial charge in [0.25, 0.3) is 0 Å². The molecule has 1 fully saturated rings. The molecule has 0 saturated carbocycles. The van der Waals surface area contributed by atoms with Crippen LogP contribution in [0.3, 0.4) is 0 Å². The molecule has 1 aromatic heterocycles. The molecule has 0 unspecified atom stereocenters. The van der Waals surface area contributed by atoms with Gasteiger partial charge in [0.05, 0.1) is 11.9 Å². The minimum atomic E-state index is 0.317. The lowest BCUT2D eigenvalue weighted by Crippen LogP contribution is -2.43. The Morgan fingerprint density at radius 3 is 3.06 bits per heavy atom. The van der Waals surface area contributed by atoms with Crippen LogP contribution < -0.4 is 4.90 Å². The second-order valence-electron chi connectivity index (χ2n) is 4.67. The topological polar surface area (TPSA) is 16.1 Å². The standard InChI is InChI=1S/C12H17ClN2S/c1-12(2)9-15(5-6-16-12)11-8-14-4-3-10(11)7-13/h3-4,8H,5-7,9H2,1-2H3. The average molecular weight is 257 g/mol. The van der Waals surface area contributed by atoms with E-state index in [-0.39, 0.29) is 0 Å². The van der Waals surface area contributed by atoms with Crippen LogP contribution in [0.2, 0.25) is 0 Å². The van der Waals surface area contributed by atoms with Crippen LogP contribution in [0.15, 0.2) is 18.5 Å². The van der Waals surface area contributed by atoms with Crippen molar-refractivity contribution in [2.75, 3.05) is 23.7 Å². The Morgan fingerprint density at radius 2 is 2.38 bits per heavy atom. The van der Waals surface area contributed by atoms with Gasteiger partial charge < -0.3 is 4.90 Å². The quantitative estimate of drug-likeness (QED) is 0.757. The second kappa shape index (κ2) is 4.84. The molecule has 2 nitrogen and oxygen atoms in total. The number of alkyl halides is 1. The summed E-state index contributed by atoms with van der Waals surface area (Å²) in [6, 6.07) is 2.01. The molecule has 88 valence electrons. The molecule has 1 aliphatic rings. The number of nitrogens with zero attached hydrogens (tertiary/aromatic N) is 2. The van der Waals surface area contributed by atoms with Crippen molar-refractivity contribution in [1.82, 2.24) is 4.98 Å². The molecule has 0 radical (unpaired) electrons. The first-order chi connectivity index (χ1) is 7.62. The van der Waals surface area contributed by atoms with Gasteiger partial charge in [0.15, 0.2) is 0 Å². The Hall–Kier alpha value is -0.410. The van der Waals surface area contributed by atoms with E-state index in [4.69, 9.17) is 11.6 Å². The SMILES string of the molecule is CC1(C)CN(c2cnccc2CCl)CCS1. The van der Waals surface area contributed by atoms with Gasteiger partial charge in [-0.05, 0) is 25.5 Å². The summed E-state index contributed by atoms with van der Waals surface area (Å²) in [6.07, 6.45) is 3.74. The first-order valence-corrected chi connectivity index (χ1v) is 7.02. The number of hydrogen-bond acceptors (Lipinski definition) is 3.